The Kier molecular flexibility index (Phi) is 4.71. The Morgan fingerprint density at radius 2 is 2.10 bits per heavy atom. The number of phenolic OH excluding ortho intramolecular Hbond substituents is 1. The van der Waals surface area contributed by atoms with Crippen molar-refractivity contribution in [2.75, 3.05) is 13.1 Å². The highest BCUT2D eigenvalue weighted by atomic mass is 35.5. The first-order valence-electron chi connectivity index (χ1n) is 6.89. The van der Waals surface area contributed by atoms with E-state index in [1.54, 1.807) is 6.07 Å². The van der Waals surface area contributed by atoms with E-state index in [0.717, 1.165) is 0 Å². The van der Waals surface area contributed by atoms with E-state index in [2.05, 4.69) is 0 Å². The van der Waals surface area contributed by atoms with E-state index in [0.29, 0.717) is 36.6 Å². The van der Waals surface area contributed by atoms with Gasteiger partial charge in [0.05, 0.1) is 10.4 Å². The van der Waals surface area contributed by atoms with Gasteiger partial charge >= 0.3 is 5.97 Å². The van der Waals surface area contributed by atoms with Gasteiger partial charge in [0, 0.05) is 23.7 Å². The first kappa shape index (κ1) is 16.4. The van der Waals surface area contributed by atoms with Crippen LogP contribution in [-0.4, -0.2) is 34.2 Å². The van der Waals surface area contributed by atoms with Crippen LogP contribution in [0.1, 0.15) is 25.8 Å². The first-order chi connectivity index (χ1) is 9.76. The summed E-state index contributed by atoms with van der Waals surface area (Å²) in [5.41, 5.74) is -0.102. The molecule has 1 aromatic rings. The molecule has 0 spiro atoms. The quantitative estimate of drug-likeness (QED) is 0.884. The summed E-state index contributed by atoms with van der Waals surface area (Å²) in [6, 6.07) is 3.15. The lowest BCUT2D eigenvalue weighted by Crippen LogP contribution is -2.39. The summed E-state index contributed by atoms with van der Waals surface area (Å²) in [4.78, 5) is 13.6. The van der Waals surface area contributed by atoms with Crippen LogP contribution in [0.15, 0.2) is 12.1 Å². The fraction of sp³-hybridized carbons (Fsp3) is 0.533. The van der Waals surface area contributed by atoms with Crippen molar-refractivity contribution in [3.8, 4) is 5.75 Å². The summed E-state index contributed by atoms with van der Waals surface area (Å²) in [5.74, 6) is -0.691. The van der Waals surface area contributed by atoms with Crippen LogP contribution in [0, 0.1) is 11.3 Å². The summed E-state index contributed by atoms with van der Waals surface area (Å²) in [5, 5.41) is 20.2. The molecular weight excluding hydrogens is 313 g/mol. The minimum atomic E-state index is -0.756. The monoisotopic (exact) mass is 331 g/mol. The number of rotatable bonds is 4. The number of aliphatic carboxylic acids is 1. The molecule has 0 bridgehead atoms. The lowest BCUT2D eigenvalue weighted by Gasteiger charge is -2.29. The smallest absolute Gasteiger partial charge is 0.311 e. The third-order valence-electron chi connectivity index (χ3n) is 4.41. The molecule has 21 heavy (non-hydrogen) atoms. The second-order valence-electron chi connectivity index (χ2n) is 5.97. The van der Waals surface area contributed by atoms with E-state index in [9.17, 15) is 15.0 Å². The first-order valence-corrected chi connectivity index (χ1v) is 7.64. The Morgan fingerprint density at radius 1 is 1.43 bits per heavy atom. The number of carbonyl (C=O) groups is 1. The van der Waals surface area contributed by atoms with Gasteiger partial charge in [-0.05, 0) is 31.0 Å². The molecular formula is C15H19Cl2NO3. The fourth-order valence-corrected chi connectivity index (χ4v) is 3.46. The molecule has 1 heterocycles. The van der Waals surface area contributed by atoms with E-state index in [1.165, 1.54) is 6.07 Å². The highest BCUT2D eigenvalue weighted by Gasteiger charge is 2.47. The lowest BCUT2D eigenvalue weighted by atomic mass is 9.76. The van der Waals surface area contributed by atoms with E-state index < -0.39 is 11.4 Å². The molecule has 1 aliphatic heterocycles. The van der Waals surface area contributed by atoms with Crippen molar-refractivity contribution in [1.82, 2.24) is 4.90 Å². The molecule has 116 valence electrons. The molecule has 0 saturated carbocycles. The number of carboxylic acid groups (broad SMARTS) is 1. The molecule has 0 amide bonds. The molecule has 0 aliphatic carbocycles. The molecule has 1 atom stereocenters. The average molecular weight is 332 g/mol. The van der Waals surface area contributed by atoms with Crippen LogP contribution < -0.4 is 0 Å². The minimum Gasteiger partial charge on any atom is -0.506 e. The van der Waals surface area contributed by atoms with Crippen molar-refractivity contribution in [2.45, 2.75) is 26.8 Å². The highest BCUT2D eigenvalue weighted by Crippen LogP contribution is 2.40. The Balaban J connectivity index is 2.18. The number of hydrogen-bond donors (Lipinski definition) is 2. The standard InChI is InChI=1S/C15H19Cl2NO3/c1-9(2)15(14(20)21)3-4-18(8-15)7-10-5-11(16)6-12(17)13(10)19/h5-6,9,19H,3-4,7-8H2,1-2H3,(H,20,21). The van der Waals surface area contributed by atoms with Crippen molar-refractivity contribution in [3.05, 3.63) is 27.7 Å². The van der Waals surface area contributed by atoms with Crippen LogP contribution in [0.5, 0.6) is 5.75 Å². The molecule has 4 nitrogen and oxygen atoms in total. The summed E-state index contributed by atoms with van der Waals surface area (Å²) in [6.45, 7) is 5.45. The molecule has 6 heteroatoms. The number of aromatic hydroxyl groups is 1. The van der Waals surface area contributed by atoms with Crippen molar-refractivity contribution in [3.63, 3.8) is 0 Å². The van der Waals surface area contributed by atoms with Crippen molar-refractivity contribution < 1.29 is 15.0 Å². The second-order valence-corrected chi connectivity index (χ2v) is 6.82. The van der Waals surface area contributed by atoms with Crippen molar-refractivity contribution in [2.24, 2.45) is 11.3 Å². The van der Waals surface area contributed by atoms with Crippen LogP contribution in [0.2, 0.25) is 10.0 Å². The number of hydrogen-bond acceptors (Lipinski definition) is 3. The number of halogens is 2. The minimum absolute atomic E-state index is 0.0124. The largest absolute Gasteiger partial charge is 0.506 e. The van der Waals surface area contributed by atoms with Gasteiger partial charge in [-0.2, -0.15) is 0 Å². The van der Waals surface area contributed by atoms with Crippen molar-refractivity contribution >= 4 is 29.2 Å². The van der Waals surface area contributed by atoms with Crippen molar-refractivity contribution in [1.29, 1.82) is 0 Å². The number of phenols is 1. The molecule has 1 aromatic carbocycles. The Bertz CT molecular complexity index is 562. The van der Waals surface area contributed by atoms with Gasteiger partial charge in [0.15, 0.2) is 0 Å². The van der Waals surface area contributed by atoms with Crippen LogP contribution in [0.4, 0.5) is 0 Å². The molecule has 2 rings (SSSR count). The zero-order valence-corrected chi connectivity index (χ0v) is 13.6. The third kappa shape index (κ3) is 3.12. The summed E-state index contributed by atoms with van der Waals surface area (Å²) >= 11 is 11.9. The molecule has 2 N–H and O–H groups in total. The summed E-state index contributed by atoms with van der Waals surface area (Å²) in [6.07, 6.45) is 0.606. The van der Waals surface area contributed by atoms with Crippen LogP contribution in [0.25, 0.3) is 0 Å². The predicted octanol–water partition coefficient (Wildman–Crippen LogP) is 3.63. The summed E-state index contributed by atoms with van der Waals surface area (Å²) < 4.78 is 0. The van der Waals surface area contributed by atoms with E-state index in [4.69, 9.17) is 23.2 Å². The zero-order chi connectivity index (χ0) is 15.8. The summed E-state index contributed by atoms with van der Waals surface area (Å²) in [7, 11) is 0. The van der Waals surface area contributed by atoms with Gasteiger partial charge in [0.25, 0.3) is 0 Å². The van der Waals surface area contributed by atoms with Gasteiger partial charge in [-0.1, -0.05) is 37.0 Å². The van der Waals surface area contributed by atoms with Gasteiger partial charge in [-0.15, -0.1) is 0 Å². The van der Waals surface area contributed by atoms with E-state index >= 15 is 0 Å². The normalized spacial score (nSPS) is 22.9. The molecule has 1 fully saturated rings. The van der Waals surface area contributed by atoms with Crippen LogP contribution in [-0.2, 0) is 11.3 Å². The van der Waals surface area contributed by atoms with E-state index in [1.807, 2.05) is 18.7 Å². The SMILES string of the molecule is CC(C)C1(C(=O)O)CCN(Cc2cc(Cl)cc(Cl)c2O)C1. The molecule has 1 saturated heterocycles. The lowest BCUT2D eigenvalue weighted by molar-refractivity contribution is -0.151. The number of benzene rings is 1. The maximum atomic E-state index is 11.6. The van der Waals surface area contributed by atoms with Gasteiger partial charge in [0.1, 0.15) is 5.75 Å². The highest BCUT2D eigenvalue weighted by molar-refractivity contribution is 6.35. The van der Waals surface area contributed by atoms with Gasteiger partial charge < -0.3 is 10.2 Å². The van der Waals surface area contributed by atoms with Crippen LogP contribution in [0.3, 0.4) is 0 Å². The van der Waals surface area contributed by atoms with Gasteiger partial charge in [-0.3, -0.25) is 9.69 Å². The fourth-order valence-electron chi connectivity index (χ4n) is 2.92. The topological polar surface area (TPSA) is 60.8 Å². The number of carboxylic acids is 1. The number of likely N-dealkylation sites (tertiary alicyclic amines) is 1. The Labute approximate surface area is 134 Å². The average Bonchev–Trinajstić information content (AvgIpc) is 2.81. The number of nitrogens with zero attached hydrogens (tertiary/aromatic N) is 1. The molecule has 0 radical (unpaired) electrons. The molecule has 1 aliphatic rings. The third-order valence-corrected chi connectivity index (χ3v) is 4.92. The molecule has 1 unspecified atom stereocenters. The Hall–Kier alpha value is -0.970. The van der Waals surface area contributed by atoms with Gasteiger partial charge in [0.2, 0.25) is 0 Å². The zero-order valence-electron chi connectivity index (χ0n) is 12.1. The second kappa shape index (κ2) is 6.03. The van der Waals surface area contributed by atoms with Gasteiger partial charge in [-0.25, -0.2) is 0 Å². The molecule has 0 aromatic heterocycles. The maximum Gasteiger partial charge on any atom is 0.311 e. The predicted molar refractivity (Wildman–Crippen MR) is 82.9 cm³/mol. The maximum absolute atomic E-state index is 11.6. The Morgan fingerprint density at radius 3 is 2.62 bits per heavy atom. The van der Waals surface area contributed by atoms with E-state index in [-0.39, 0.29) is 16.7 Å². The van der Waals surface area contributed by atoms with Crippen LogP contribution >= 0.6 is 23.2 Å².